The van der Waals surface area contributed by atoms with Gasteiger partial charge < -0.3 is 9.84 Å². The largest absolute Gasteiger partial charge is 0.497 e. The van der Waals surface area contributed by atoms with Gasteiger partial charge >= 0.3 is 0 Å². The van der Waals surface area contributed by atoms with Gasteiger partial charge in [0.2, 0.25) is 0 Å². The molecule has 24 heavy (non-hydrogen) atoms. The van der Waals surface area contributed by atoms with E-state index in [9.17, 15) is 5.11 Å². The van der Waals surface area contributed by atoms with Crippen molar-refractivity contribution in [1.29, 1.82) is 0 Å². The summed E-state index contributed by atoms with van der Waals surface area (Å²) in [5.74, 6) is 5.13. The van der Waals surface area contributed by atoms with Gasteiger partial charge in [-0.3, -0.25) is 0 Å². The van der Waals surface area contributed by atoms with Gasteiger partial charge in [0.25, 0.3) is 0 Å². The summed E-state index contributed by atoms with van der Waals surface area (Å²) in [6.07, 6.45) is 5.04. The van der Waals surface area contributed by atoms with Gasteiger partial charge in [-0.25, -0.2) is 0 Å². The van der Waals surface area contributed by atoms with Gasteiger partial charge in [0.1, 0.15) is 5.75 Å². The van der Waals surface area contributed by atoms with Crippen LogP contribution in [0.4, 0.5) is 0 Å². The molecule has 1 aromatic carbocycles. The Morgan fingerprint density at radius 2 is 2.04 bits per heavy atom. The lowest BCUT2D eigenvalue weighted by Crippen LogP contribution is -2.46. The number of aliphatic hydroxyl groups excluding tert-OH is 1. The molecule has 0 aliphatic heterocycles. The van der Waals surface area contributed by atoms with Gasteiger partial charge in [0, 0.05) is 6.61 Å². The fourth-order valence-corrected chi connectivity index (χ4v) is 6.94. The van der Waals surface area contributed by atoms with Gasteiger partial charge in [0.05, 0.1) is 7.11 Å². The molecule has 2 nitrogen and oxygen atoms in total. The number of ether oxygens (including phenoxy) is 1. The number of hydrogen-bond donors (Lipinski definition) is 1. The van der Waals surface area contributed by atoms with E-state index in [4.69, 9.17) is 4.74 Å². The first-order valence-electron chi connectivity index (χ1n) is 9.77. The van der Waals surface area contributed by atoms with Gasteiger partial charge in [-0.05, 0) is 89.9 Å². The van der Waals surface area contributed by atoms with Gasteiger partial charge in [0.15, 0.2) is 0 Å². The summed E-state index contributed by atoms with van der Waals surface area (Å²) in [7, 11) is 1.76. The Labute approximate surface area is 146 Å². The second kappa shape index (κ2) is 5.76. The van der Waals surface area contributed by atoms with E-state index in [0.717, 1.165) is 23.5 Å². The van der Waals surface area contributed by atoms with Crippen LogP contribution in [-0.2, 0) is 6.42 Å². The van der Waals surface area contributed by atoms with E-state index in [1.54, 1.807) is 12.7 Å². The molecule has 3 aliphatic carbocycles. The van der Waals surface area contributed by atoms with Crippen LogP contribution in [0.3, 0.4) is 0 Å². The summed E-state index contributed by atoms with van der Waals surface area (Å²) >= 11 is 0. The highest BCUT2D eigenvalue weighted by Crippen LogP contribution is 2.65. The van der Waals surface area contributed by atoms with Gasteiger partial charge in [-0.15, -0.1) is 0 Å². The minimum atomic E-state index is 0.341. The maximum Gasteiger partial charge on any atom is 0.119 e. The summed E-state index contributed by atoms with van der Waals surface area (Å²) in [5.41, 5.74) is 3.44. The van der Waals surface area contributed by atoms with Crippen LogP contribution in [-0.4, -0.2) is 18.8 Å². The van der Waals surface area contributed by atoms with Crippen LogP contribution in [0, 0.1) is 35.0 Å². The number of fused-ring (bicyclic) bond motifs is 5. The van der Waals surface area contributed by atoms with Gasteiger partial charge in [-0.1, -0.05) is 26.8 Å². The normalized spacial score (nSPS) is 43.7. The van der Waals surface area contributed by atoms with Crippen LogP contribution in [0.5, 0.6) is 5.75 Å². The topological polar surface area (TPSA) is 29.5 Å². The van der Waals surface area contributed by atoms with Crippen molar-refractivity contribution in [2.75, 3.05) is 13.7 Å². The molecular weight excluding hydrogens is 296 g/mol. The SMILES string of the molecule is COc1ccc2c(c1)C[C@@H](C)[C@@H]1[C@@H]2CC[C@@]2(C)[C@@H]1C[C@H](C)[C@H]2CO. The van der Waals surface area contributed by atoms with Crippen molar-refractivity contribution in [3.8, 4) is 5.75 Å². The molecule has 3 aliphatic rings. The third kappa shape index (κ3) is 2.18. The molecule has 132 valence electrons. The fraction of sp³-hybridized carbons (Fsp3) is 0.727. The monoisotopic (exact) mass is 328 g/mol. The first-order chi connectivity index (χ1) is 11.5. The maximum atomic E-state index is 10.0. The van der Waals surface area contributed by atoms with Gasteiger partial charge in [-0.2, -0.15) is 0 Å². The highest BCUT2D eigenvalue weighted by atomic mass is 16.5. The van der Waals surface area contributed by atoms with Crippen molar-refractivity contribution in [3.05, 3.63) is 29.3 Å². The lowest BCUT2D eigenvalue weighted by Gasteiger charge is -2.53. The molecule has 2 saturated carbocycles. The Morgan fingerprint density at radius 1 is 1.25 bits per heavy atom. The van der Waals surface area contributed by atoms with Crippen molar-refractivity contribution < 1.29 is 9.84 Å². The minimum absolute atomic E-state index is 0.341. The average Bonchev–Trinajstić information content (AvgIpc) is 2.83. The van der Waals surface area contributed by atoms with Crippen LogP contribution in [0.15, 0.2) is 18.2 Å². The molecule has 4 rings (SSSR count). The molecule has 1 aromatic rings. The van der Waals surface area contributed by atoms with Crippen molar-refractivity contribution in [1.82, 2.24) is 0 Å². The van der Waals surface area contributed by atoms with Crippen LogP contribution in [0.25, 0.3) is 0 Å². The molecule has 0 unspecified atom stereocenters. The Kier molecular flexibility index (Phi) is 3.95. The Bertz CT molecular complexity index is 624. The van der Waals surface area contributed by atoms with Crippen LogP contribution >= 0.6 is 0 Å². The molecule has 0 radical (unpaired) electrons. The Balaban J connectivity index is 1.72. The summed E-state index contributed by atoms with van der Waals surface area (Å²) in [6.45, 7) is 7.68. The highest BCUT2D eigenvalue weighted by molar-refractivity contribution is 5.41. The summed E-state index contributed by atoms with van der Waals surface area (Å²) in [6, 6.07) is 6.75. The number of aliphatic hydroxyl groups is 1. The van der Waals surface area contributed by atoms with E-state index in [0.29, 0.717) is 29.8 Å². The summed E-state index contributed by atoms with van der Waals surface area (Å²) in [4.78, 5) is 0. The van der Waals surface area contributed by atoms with Crippen molar-refractivity contribution in [3.63, 3.8) is 0 Å². The molecule has 2 heteroatoms. The highest BCUT2D eigenvalue weighted by Gasteiger charge is 2.58. The van der Waals surface area contributed by atoms with Crippen molar-refractivity contribution in [2.24, 2.45) is 35.0 Å². The zero-order chi connectivity index (χ0) is 17.1. The first kappa shape index (κ1) is 16.4. The third-order valence-electron chi connectivity index (χ3n) is 8.08. The van der Waals surface area contributed by atoms with Crippen LogP contribution in [0.2, 0.25) is 0 Å². The average molecular weight is 328 g/mol. The van der Waals surface area contributed by atoms with Crippen molar-refractivity contribution in [2.45, 2.75) is 52.4 Å². The smallest absolute Gasteiger partial charge is 0.119 e. The number of benzene rings is 1. The number of methoxy groups -OCH3 is 1. The van der Waals surface area contributed by atoms with E-state index < -0.39 is 0 Å². The molecule has 0 saturated heterocycles. The second-order valence-electron chi connectivity index (χ2n) is 9.08. The fourth-order valence-electron chi connectivity index (χ4n) is 6.94. The number of rotatable bonds is 2. The van der Waals surface area contributed by atoms with Crippen molar-refractivity contribution >= 4 is 0 Å². The molecule has 1 N–H and O–H groups in total. The van der Waals surface area contributed by atoms with E-state index in [1.165, 1.54) is 31.2 Å². The molecular formula is C22H32O2. The van der Waals surface area contributed by atoms with E-state index in [1.807, 2.05) is 0 Å². The Hall–Kier alpha value is -1.02. The molecule has 0 spiro atoms. The first-order valence-corrected chi connectivity index (χ1v) is 9.77. The predicted octanol–water partition coefficient (Wildman–Crippen LogP) is 4.65. The zero-order valence-corrected chi connectivity index (χ0v) is 15.6. The van der Waals surface area contributed by atoms with E-state index in [2.05, 4.69) is 39.0 Å². The summed E-state index contributed by atoms with van der Waals surface area (Å²) in [5, 5.41) is 10.0. The standard InChI is InChI=1S/C22H32O2/c1-13-10-19-21-14(2)9-15-11-16(24-4)5-6-17(15)18(21)7-8-22(19,3)20(13)12-23/h5-6,11,13-14,18-21,23H,7-10,12H2,1-4H3/t13-,14+,18+,19+,20+,21+,22-/m0/s1. The number of hydrogen-bond acceptors (Lipinski definition) is 2. The van der Waals surface area contributed by atoms with E-state index in [-0.39, 0.29) is 0 Å². The summed E-state index contributed by atoms with van der Waals surface area (Å²) < 4.78 is 5.45. The molecule has 0 aromatic heterocycles. The zero-order valence-electron chi connectivity index (χ0n) is 15.6. The predicted molar refractivity (Wildman–Crippen MR) is 97.3 cm³/mol. The molecule has 0 bridgehead atoms. The molecule has 0 amide bonds. The lowest BCUT2D eigenvalue weighted by atomic mass is 9.52. The third-order valence-corrected chi connectivity index (χ3v) is 8.08. The van der Waals surface area contributed by atoms with Crippen LogP contribution < -0.4 is 4.74 Å². The Morgan fingerprint density at radius 3 is 2.75 bits per heavy atom. The molecule has 2 fully saturated rings. The molecule has 0 heterocycles. The lowest BCUT2D eigenvalue weighted by molar-refractivity contribution is -0.0118. The van der Waals surface area contributed by atoms with E-state index >= 15 is 0 Å². The quantitative estimate of drug-likeness (QED) is 0.856. The van der Waals surface area contributed by atoms with Crippen LogP contribution in [0.1, 0.15) is 57.1 Å². The second-order valence-corrected chi connectivity index (χ2v) is 9.08. The minimum Gasteiger partial charge on any atom is -0.497 e. The molecule has 7 atom stereocenters. The maximum absolute atomic E-state index is 10.0.